The molecular weight excluding hydrogens is 624 g/mol. The molecule has 0 bridgehead atoms. The molecule has 4 fully saturated rings. The van der Waals surface area contributed by atoms with Gasteiger partial charge in [0.2, 0.25) is 0 Å². The van der Waals surface area contributed by atoms with Crippen LogP contribution in [0.2, 0.25) is 0 Å². The monoisotopic (exact) mass is 674 g/mol. The molecule has 0 N–H and O–H groups in total. The van der Waals surface area contributed by atoms with Crippen LogP contribution in [0, 0.1) is 49.4 Å². The Morgan fingerprint density at radius 2 is 1.20 bits per heavy atom. The fourth-order valence-electron chi connectivity index (χ4n) is 10.0. The first-order chi connectivity index (χ1) is 24.0. The van der Waals surface area contributed by atoms with Gasteiger partial charge in [0.25, 0.3) is 0 Å². The van der Waals surface area contributed by atoms with E-state index >= 15 is 0 Å². The highest BCUT2D eigenvalue weighted by atomic mass is 16.6. The second kappa shape index (κ2) is 12.4. The molecule has 262 valence electrons. The smallest absolute Gasteiger partial charge is 0.340 e. The number of rotatable bonds is 8. The summed E-state index contributed by atoms with van der Waals surface area (Å²) >= 11 is 0. The zero-order valence-electron chi connectivity index (χ0n) is 30.3. The van der Waals surface area contributed by atoms with Crippen LogP contribution in [0.5, 0.6) is 11.5 Å². The summed E-state index contributed by atoms with van der Waals surface area (Å²) in [6.07, 6.45) is 9.24. The van der Waals surface area contributed by atoms with Crippen LogP contribution < -0.4 is 9.47 Å². The van der Waals surface area contributed by atoms with E-state index in [1.807, 2.05) is 50.2 Å². The van der Waals surface area contributed by atoms with E-state index in [-0.39, 0.29) is 41.6 Å². The molecule has 0 saturated heterocycles. The Hall–Kier alpha value is -3.93. The predicted molar refractivity (Wildman–Crippen MR) is 191 cm³/mol. The summed E-state index contributed by atoms with van der Waals surface area (Å²) in [7, 11) is 0. The predicted octanol–water partition coefficient (Wildman–Crippen LogP) is 9.70. The van der Waals surface area contributed by atoms with Crippen molar-refractivity contribution < 1.29 is 28.6 Å². The molecule has 6 nitrogen and oxygen atoms in total. The molecule has 50 heavy (non-hydrogen) atoms. The van der Waals surface area contributed by atoms with E-state index in [0.29, 0.717) is 40.7 Å². The van der Waals surface area contributed by atoms with Gasteiger partial charge in [-0.25, -0.2) is 4.79 Å². The Balaban J connectivity index is 1.23. The van der Waals surface area contributed by atoms with E-state index in [4.69, 9.17) is 14.2 Å². The average molecular weight is 675 g/mol. The first-order valence-electron chi connectivity index (χ1n) is 19.1. The van der Waals surface area contributed by atoms with Crippen LogP contribution in [-0.2, 0) is 19.9 Å². The zero-order valence-corrected chi connectivity index (χ0v) is 30.3. The van der Waals surface area contributed by atoms with Crippen LogP contribution >= 0.6 is 0 Å². The molecule has 8 rings (SSSR count). The lowest BCUT2D eigenvalue weighted by Crippen LogP contribution is -2.32. The van der Waals surface area contributed by atoms with E-state index in [1.165, 1.54) is 25.7 Å². The van der Waals surface area contributed by atoms with Gasteiger partial charge in [0.05, 0.1) is 17.4 Å². The summed E-state index contributed by atoms with van der Waals surface area (Å²) in [5.74, 6) is 2.48. The van der Waals surface area contributed by atoms with E-state index in [1.54, 1.807) is 0 Å². The lowest BCUT2D eigenvalue weighted by molar-refractivity contribution is -0.137. The highest BCUT2D eigenvalue weighted by molar-refractivity contribution is 5.96. The third-order valence-corrected chi connectivity index (χ3v) is 12.8. The molecule has 4 saturated carbocycles. The summed E-state index contributed by atoms with van der Waals surface area (Å²) in [5, 5.41) is 0. The lowest BCUT2D eigenvalue weighted by Gasteiger charge is -2.35. The van der Waals surface area contributed by atoms with Crippen molar-refractivity contribution in [3.8, 4) is 11.5 Å². The molecule has 0 radical (unpaired) electrons. The molecule has 4 aliphatic carbocycles. The van der Waals surface area contributed by atoms with Gasteiger partial charge in [-0.05, 0) is 128 Å². The molecule has 1 aliphatic heterocycles. The lowest BCUT2D eigenvalue weighted by atomic mass is 9.73. The Kier molecular flexibility index (Phi) is 8.23. The number of benzene rings is 3. The van der Waals surface area contributed by atoms with Crippen LogP contribution in [0.1, 0.15) is 140 Å². The van der Waals surface area contributed by atoms with Gasteiger partial charge in [0.15, 0.2) is 5.60 Å². The minimum Gasteiger partial charge on any atom is -0.441 e. The molecule has 3 aromatic rings. The molecule has 1 heterocycles. The number of carbonyl (C=O) groups excluding carboxylic acids is 3. The number of cyclic esters (lactones) is 1. The summed E-state index contributed by atoms with van der Waals surface area (Å²) < 4.78 is 19.1. The summed E-state index contributed by atoms with van der Waals surface area (Å²) in [6.45, 7) is 12.4. The van der Waals surface area contributed by atoms with Gasteiger partial charge in [0.1, 0.15) is 11.5 Å². The average Bonchev–Trinajstić information content (AvgIpc) is 3.99. The maximum Gasteiger partial charge on any atom is 0.340 e. The molecule has 0 spiro atoms. The van der Waals surface area contributed by atoms with E-state index in [9.17, 15) is 14.4 Å². The molecular formula is C44H50O6. The van der Waals surface area contributed by atoms with Crippen molar-refractivity contribution in [1.82, 2.24) is 0 Å². The van der Waals surface area contributed by atoms with Gasteiger partial charge in [-0.1, -0.05) is 71.6 Å². The number of hydrogen-bond acceptors (Lipinski definition) is 6. The number of esters is 3. The van der Waals surface area contributed by atoms with Crippen molar-refractivity contribution in [2.75, 3.05) is 0 Å². The largest absolute Gasteiger partial charge is 0.441 e. The molecule has 3 aromatic carbocycles. The van der Waals surface area contributed by atoms with Gasteiger partial charge < -0.3 is 14.2 Å². The first kappa shape index (κ1) is 33.2. The number of hydrogen-bond donors (Lipinski definition) is 0. The first-order valence-corrected chi connectivity index (χ1v) is 19.1. The van der Waals surface area contributed by atoms with Crippen molar-refractivity contribution in [2.45, 2.75) is 110 Å². The van der Waals surface area contributed by atoms with Crippen LogP contribution in [0.25, 0.3) is 0 Å². The van der Waals surface area contributed by atoms with Crippen LogP contribution in [-0.4, -0.2) is 17.9 Å². The maximum atomic E-state index is 13.8. The number of ether oxygens (including phenoxy) is 3. The van der Waals surface area contributed by atoms with Crippen molar-refractivity contribution in [3.63, 3.8) is 0 Å². The molecule has 6 atom stereocenters. The van der Waals surface area contributed by atoms with Gasteiger partial charge in [0, 0.05) is 16.7 Å². The van der Waals surface area contributed by atoms with Crippen LogP contribution in [0.15, 0.2) is 48.5 Å². The fraction of sp³-hybridized carbons (Fsp3) is 0.523. The molecule has 6 heteroatoms. The van der Waals surface area contributed by atoms with Crippen molar-refractivity contribution >= 4 is 17.9 Å². The highest BCUT2D eigenvalue weighted by Crippen LogP contribution is 2.58. The molecule has 0 amide bonds. The SMILES string of the molecule is Cc1cc([C@]2(c3cc(C(C)C)c(OC(=O)C4[C@H]5CCCC[C@@H]45)cc3C)OC(=O)c3ccccc32)c(C(C)C)cc1OC(=O)C1[C@H]2CCCC[C@H]12. The minimum absolute atomic E-state index is 0.000319. The summed E-state index contributed by atoms with van der Waals surface area (Å²) in [4.78, 5) is 40.8. The highest BCUT2D eigenvalue weighted by Gasteiger charge is 2.57. The fourth-order valence-corrected chi connectivity index (χ4v) is 10.0. The standard InChI is InChI=1S/C44H50O6/c1-23(2)32-22-37(48-42(46)39-27-13-7-8-14-28(27)39)26(6)19-36(32)44(34-18-12-11-17-31(34)41(45)50-44)35-21-33(24(3)4)38(20-25(35)5)49-43(47)40-29-15-9-10-16-30(29)40/h11-12,17-24,27-30,39-40H,7-10,13-16H2,1-6H3/t27-,28-,29-,30+,40?,44-/m0/s1. The van der Waals surface area contributed by atoms with E-state index < -0.39 is 5.60 Å². The van der Waals surface area contributed by atoms with E-state index in [2.05, 4.69) is 39.8 Å². The number of carbonyl (C=O) groups is 3. The van der Waals surface area contributed by atoms with E-state index in [0.717, 1.165) is 64.6 Å². The third-order valence-electron chi connectivity index (χ3n) is 12.8. The van der Waals surface area contributed by atoms with Crippen LogP contribution in [0.4, 0.5) is 0 Å². The van der Waals surface area contributed by atoms with Crippen molar-refractivity contribution in [3.05, 3.63) is 93.0 Å². The zero-order chi connectivity index (χ0) is 35.1. The number of aryl methyl sites for hydroxylation is 2. The summed E-state index contributed by atoms with van der Waals surface area (Å²) in [5.41, 5.74) is 5.30. The second-order valence-electron chi connectivity index (χ2n) is 16.5. The summed E-state index contributed by atoms with van der Waals surface area (Å²) in [6, 6.07) is 15.8. The van der Waals surface area contributed by atoms with Gasteiger partial charge >= 0.3 is 17.9 Å². The van der Waals surface area contributed by atoms with Crippen LogP contribution in [0.3, 0.4) is 0 Å². The minimum atomic E-state index is -1.26. The third kappa shape index (κ3) is 5.31. The Morgan fingerprint density at radius 1 is 0.660 bits per heavy atom. The van der Waals surface area contributed by atoms with Crippen molar-refractivity contribution in [1.29, 1.82) is 0 Å². The topological polar surface area (TPSA) is 78.9 Å². The van der Waals surface area contributed by atoms with Crippen molar-refractivity contribution in [2.24, 2.45) is 35.5 Å². The Morgan fingerprint density at radius 3 is 1.76 bits per heavy atom. The quantitative estimate of drug-likeness (QED) is 0.175. The maximum absolute atomic E-state index is 13.8. The van der Waals surface area contributed by atoms with Gasteiger partial charge in [-0.3, -0.25) is 9.59 Å². The van der Waals surface area contributed by atoms with Gasteiger partial charge in [-0.2, -0.15) is 0 Å². The molecule has 1 unspecified atom stereocenters. The number of fused-ring (bicyclic) bond motifs is 3. The second-order valence-corrected chi connectivity index (χ2v) is 16.5. The Labute approximate surface area is 296 Å². The molecule has 5 aliphatic rings. The Bertz CT molecular complexity index is 1860. The normalized spacial score (nSPS) is 29.2. The molecule has 0 aromatic heterocycles. The van der Waals surface area contributed by atoms with Gasteiger partial charge in [-0.15, -0.1) is 0 Å².